The van der Waals surface area contributed by atoms with E-state index in [0.717, 1.165) is 6.42 Å². The quantitative estimate of drug-likeness (QED) is 0.418. The fourth-order valence-corrected chi connectivity index (χ4v) is 4.01. The zero-order chi connectivity index (χ0) is 16.3. The molecule has 0 bridgehead atoms. The summed E-state index contributed by atoms with van der Waals surface area (Å²) >= 11 is 24.2. The van der Waals surface area contributed by atoms with E-state index in [1.165, 1.54) is 6.40 Å². The lowest BCUT2D eigenvalue weighted by molar-refractivity contribution is -0.122. The molecule has 1 aromatic carbocycles. The van der Waals surface area contributed by atoms with Crippen LogP contribution >= 0.6 is 46.4 Å². The van der Waals surface area contributed by atoms with Crippen LogP contribution in [-0.2, 0) is 4.79 Å². The van der Waals surface area contributed by atoms with E-state index >= 15 is 0 Å². The van der Waals surface area contributed by atoms with Gasteiger partial charge in [0.05, 0.1) is 5.38 Å². The minimum absolute atomic E-state index is 0.0186. The first-order valence-corrected chi connectivity index (χ1v) is 8.51. The van der Waals surface area contributed by atoms with Gasteiger partial charge in [-0.05, 0) is 30.5 Å². The van der Waals surface area contributed by atoms with Gasteiger partial charge in [0.2, 0.25) is 0 Å². The number of carbonyl (C=O) groups excluding carboxylic acids is 1. The minimum atomic E-state index is -0.607. The second-order valence-corrected chi connectivity index (χ2v) is 7.02. The summed E-state index contributed by atoms with van der Waals surface area (Å²) in [4.78, 5) is 16.3. The zero-order valence-electron chi connectivity index (χ0n) is 11.8. The Morgan fingerprint density at radius 3 is 2.50 bits per heavy atom. The van der Waals surface area contributed by atoms with Crippen molar-refractivity contribution in [2.45, 2.75) is 36.6 Å². The van der Waals surface area contributed by atoms with Crippen LogP contribution in [-0.4, -0.2) is 29.0 Å². The second kappa shape index (κ2) is 7.87. The Morgan fingerprint density at radius 1 is 1.27 bits per heavy atom. The highest BCUT2D eigenvalue weighted by atomic mass is 35.5. The van der Waals surface area contributed by atoms with Crippen molar-refractivity contribution in [3.8, 4) is 5.75 Å². The normalized spacial score (nSPS) is 29.0. The number of halogens is 4. The van der Waals surface area contributed by atoms with E-state index in [-0.39, 0.29) is 17.1 Å². The fourth-order valence-electron chi connectivity index (χ4n) is 2.44. The summed E-state index contributed by atoms with van der Waals surface area (Å²) in [6.45, 7) is 1.97. The van der Waals surface area contributed by atoms with Crippen molar-refractivity contribution >= 4 is 58.6 Å². The molecule has 4 unspecified atom stereocenters. The number of alkyl halides is 2. The van der Waals surface area contributed by atoms with Crippen LogP contribution in [0.15, 0.2) is 23.2 Å². The van der Waals surface area contributed by atoms with E-state index in [1.807, 2.05) is 6.92 Å². The lowest BCUT2D eigenvalue weighted by Gasteiger charge is -2.32. The molecule has 3 nitrogen and oxygen atoms in total. The molecule has 1 fully saturated rings. The van der Waals surface area contributed by atoms with Crippen LogP contribution in [0.5, 0.6) is 5.75 Å². The number of Topliss-reactive ketones (excluding diaryl/α,β-unsaturated/α-hetero) is 1. The number of hydrogen-bond donors (Lipinski definition) is 0. The van der Waals surface area contributed by atoms with E-state index in [4.69, 9.17) is 51.1 Å². The molecule has 7 heteroatoms. The number of ketones is 1. The predicted octanol–water partition coefficient (Wildman–Crippen LogP) is 4.98. The monoisotopic (exact) mass is 381 g/mol. The molecule has 1 aliphatic carbocycles. The number of hydrogen-bond acceptors (Lipinski definition) is 3. The summed E-state index contributed by atoms with van der Waals surface area (Å²) in [6.07, 6.45) is 2.43. The van der Waals surface area contributed by atoms with Gasteiger partial charge in [-0.1, -0.05) is 36.5 Å². The van der Waals surface area contributed by atoms with Crippen LogP contribution in [0.3, 0.4) is 0 Å². The van der Waals surface area contributed by atoms with Crippen LogP contribution in [0.25, 0.3) is 0 Å². The smallest absolute Gasteiger partial charge is 0.177 e. The van der Waals surface area contributed by atoms with Crippen LogP contribution in [0.4, 0.5) is 0 Å². The van der Waals surface area contributed by atoms with E-state index in [1.54, 1.807) is 18.2 Å². The third-order valence-electron chi connectivity index (χ3n) is 3.63. The van der Waals surface area contributed by atoms with Crippen molar-refractivity contribution in [3.05, 3.63) is 28.2 Å². The number of carbonyl (C=O) groups is 1. The van der Waals surface area contributed by atoms with E-state index in [0.29, 0.717) is 22.2 Å². The van der Waals surface area contributed by atoms with Gasteiger partial charge in [0.15, 0.2) is 12.2 Å². The van der Waals surface area contributed by atoms with Gasteiger partial charge in [-0.3, -0.25) is 4.79 Å². The van der Waals surface area contributed by atoms with E-state index in [2.05, 4.69) is 4.99 Å². The second-order valence-electron chi connectivity index (χ2n) is 5.12. The van der Waals surface area contributed by atoms with Gasteiger partial charge >= 0.3 is 0 Å². The summed E-state index contributed by atoms with van der Waals surface area (Å²) in [5.41, 5.74) is 0. The molecule has 1 aromatic rings. The molecule has 0 spiro atoms. The molecule has 1 saturated carbocycles. The molecule has 0 saturated heterocycles. The van der Waals surface area contributed by atoms with Crippen molar-refractivity contribution in [3.63, 3.8) is 0 Å². The zero-order valence-corrected chi connectivity index (χ0v) is 14.8. The maximum atomic E-state index is 12.2. The molecule has 2 rings (SSSR count). The minimum Gasteiger partial charge on any atom is -0.446 e. The number of ether oxygens (including phenoxy) is 1. The first-order chi connectivity index (χ1) is 10.4. The van der Waals surface area contributed by atoms with Gasteiger partial charge in [-0.15, -0.1) is 23.2 Å². The van der Waals surface area contributed by atoms with Gasteiger partial charge in [-0.25, -0.2) is 4.99 Å². The molecule has 0 aliphatic heterocycles. The Bertz CT molecular complexity index is 558. The van der Waals surface area contributed by atoms with Crippen molar-refractivity contribution in [2.75, 3.05) is 0 Å². The Hall–Kier alpha value is -0.480. The maximum Gasteiger partial charge on any atom is 0.177 e. The largest absolute Gasteiger partial charge is 0.446 e. The number of benzene rings is 1. The molecule has 0 heterocycles. The van der Waals surface area contributed by atoms with Crippen molar-refractivity contribution in [1.29, 1.82) is 0 Å². The Labute approximate surface area is 149 Å². The highest BCUT2D eigenvalue weighted by Crippen LogP contribution is 2.34. The lowest BCUT2D eigenvalue weighted by Crippen LogP contribution is -2.44. The lowest BCUT2D eigenvalue weighted by atomic mass is 9.83. The highest BCUT2D eigenvalue weighted by molar-refractivity contribution is 6.35. The SMILES string of the molecule is CCC1C(Cl)CC(N=COc2cc(Cl)cc(Cl)c2)C(=O)C1Cl. The molecule has 0 N–H and O–H groups in total. The molecular weight excluding hydrogens is 368 g/mol. The van der Waals surface area contributed by atoms with Gasteiger partial charge in [0.25, 0.3) is 0 Å². The molecule has 1 aliphatic rings. The van der Waals surface area contributed by atoms with Crippen molar-refractivity contribution in [2.24, 2.45) is 10.9 Å². The molecule has 22 heavy (non-hydrogen) atoms. The fraction of sp³-hybridized carbons (Fsp3) is 0.467. The third kappa shape index (κ3) is 4.29. The topological polar surface area (TPSA) is 38.7 Å². The average molecular weight is 383 g/mol. The van der Waals surface area contributed by atoms with Crippen molar-refractivity contribution < 1.29 is 9.53 Å². The standard InChI is InChI=1S/C15H15Cl4NO2/c1-2-11-12(18)6-13(15(21)14(11)19)20-7-22-10-4-8(16)3-9(17)5-10/h3-5,7,11-14H,2,6H2,1H3. The number of aliphatic imine (C=N–C) groups is 1. The van der Waals surface area contributed by atoms with Crippen LogP contribution < -0.4 is 4.74 Å². The Kier molecular flexibility index (Phi) is 6.39. The molecular formula is C15H15Cl4NO2. The summed E-state index contributed by atoms with van der Waals surface area (Å²) < 4.78 is 5.34. The maximum absolute atomic E-state index is 12.2. The average Bonchev–Trinajstić information content (AvgIpc) is 2.43. The summed E-state index contributed by atoms with van der Waals surface area (Å²) in [7, 11) is 0. The molecule has 0 aromatic heterocycles. The first kappa shape index (κ1) is 17.9. The van der Waals surface area contributed by atoms with Gasteiger partial charge in [0.1, 0.15) is 11.8 Å². The van der Waals surface area contributed by atoms with Crippen LogP contribution in [0, 0.1) is 5.92 Å². The molecule has 0 amide bonds. The van der Waals surface area contributed by atoms with E-state index < -0.39 is 11.4 Å². The summed E-state index contributed by atoms with van der Waals surface area (Å²) in [6, 6.07) is 4.22. The van der Waals surface area contributed by atoms with Crippen LogP contribution in [0.2, 0.25) is 10.0 Å². The first-order valence-electron chi connectivity index (χ1n) is 6.88. The van der Waals surface area contributed by atoms with Gasteiger partial charge in [-0.2, -0.15) is 0 Å². The van der Waals surface area contributed by atoms with E-state index in [9.17, 15) is 4.79 Å². The van der Waals surface area contributed by atoms with Gasteiger partial charge in [0, 0.05) is 15.4 Å². The molecule has 0 radical (unpaired) electrons. The summed E-state index contributed by atoms with van der Waals surface area (Å²) in [5.74, 6) is 0.310. The number of nitrogens with zero attached hydrogens (tertiary/aromatic N) is 1. The predicted molar refractivity (Wildman–Crippen MR) is 92.1 cm³/mol. The number of rotatable bonds is 4. The van der Waals surface area contributed by atoms with Gasteiger partial charge < -0.3 is 4.74 Å². The highest BCUT2D eigenvalue weighted by Gasteiger charge is 2.41. The molecule has 4 atom stereocenters. The Morgan fingerprint density at radius 2 is 1.91 bits per heavy atom. The Balaban J connectivity index is 2.02. The van der Waals surface area contributed by atoms with Crippen molar-refractivity contribution in [1.82, 2.24) is 0 Å². The van der Waals surface area contributed by atoms with Crippen LogP contribution in [0.1, 0.15) is 19.8 Å². The molecule has 120 valence electrons. The summed E-state index contributed by atoms with van der Waals surface area (Å²) in [5, 5.41) is 0.131. The third-order valence-corrected chi connectivity index (χ3v) is 5.10.